The second kappa shape index (κ2) is 3.88. The van der Waals surface area contributed by atoms with Gasteiger partial charge in [-0.1, -0.05) is 13.0 Å². The van der Waals surface area contributed by atoms with Crippen molar-refractivity contribution in [1.82, 2.24) is 4.98 Å². The number of pyridine rings is 1. The summed E-state index contributed by atoms with van der Waals surface area (Å²) in [6, 6.07) is 6.20. The van der Waals surface area contributed by atoms with Gasteiger partial charge >= 0.3 is 0 Å². The van der Waals surface area contributed by atoms with Crippen LogP contribution in [0.15, 0.2) is 18.2 Å². The molecule has 0 spiro atoms. The SMILES string of the molecule is CCc1cccc(C2CCCO2)n1. The molecule has 2 nitrogen and oxygen atoms in total. The number of hydrogen-bond donors (Lipinski definition) is 0. The van der Waals surface area contributed by atoms with Crippen molar-refractivity contribution in [3.8, 4) is 0 Å². The fourth-order valence-corrected chi connectivity index (χ4v) is 1.69. The molecular weight excluding hydrogens is 162 g/mol. The van der Waals surface area contributed by atoms with Crippen LogP contribution < -0.4 is 0 Å². The fourth-order valence-electron chi connectivity index (χ4n) is 1.69. The van der Waals surface area contributed by atoms with Gasteiger partial charge in [0, 0.05) is 12.3 Å². The van der Waals surface area contributed by atoms with Crippen molar-refractivity contribution in [1.29, 1.82) is 0 Å². The highest BCUT2D eigenvalue weighted by atomic mass is 16.5. The highest BCUT2D eigenvalue weighted by Gasteiger charge is 2.18. The third kappa shape index (κ3) is 1.89. The molecule has 1 unspecified atom stereocenters. The van der Waals surface area contributed by atoms with E-state index in [4.69, 9.17) is 4.74 Å². The van der Waals surface area contributed by atoms with Gasteiger partial charge in [0.25, 0.3) is 0 Å². The van der Waals surface area contributed by atoms with E-state index in [2.05, 4.69) is 30.1 Å². The Kier molecular flexibility index (Phi) is 2.60. The molecule has 0 N–H and O–H groups in total. The number of ether oxygens (including phenoxy) is 1. The van der Waals surface area contributed by atoms with Crippen molar-refractivity contribution in [2.24, 2.45) is 0 Å². The van der Waals surface area contributed by atoms with Crippen LogP contribution in [0.4, 0.5) is 0 Å². The molecule has 0 radical (unpaired) electrons. The maximum Gasteiger partial charge on any atom is 0.0995 e. The molecule has 2 heteroatoms. The molecule has 1 saturated heterocycles. The van der Waals surface area contributed by atoms with Gasteiger partial charge in [-0.15, -0.1) is 0 Å². The summed E-state index contributed by atoms with van der Waals surface area (Å²) in [5.74, 6) is 0. The Morgan fingerprint density at radius 2 is 2.46 bits per heavy atom. The number of aryl methyl sites for hydroxylation is 1. The molecule has 1 aromatic rings. The smallest absolute Gasteiger partial charge is 0.0995 e. The zero-order valence-corrected chi connectivity index (χ0v) is 7.99. The molecule has 0 aromatic carbocycles. The first-order valence-corrected chi connectivity index (χ1v) is 4.97. The van der Waals surface area contributed by atoms with Crippen LogP contribution in [0.2, 0.25) is 0 Å². The lowest BCUT2D eigenvalue weighted by molar-refractivity contribution is 0.108. The van der Waals surface area contributed by atoms with Crippen molar-refractivity contribution >= 4 is 0 Å². The molecular formula is C11H15NO. The Morgan fingerprint density at radius 1 is 1.54 bits per heavy atom. The molecule has 1 aromatic heterocycles. The van der Waals surface area contributed by atoms with Crippen molar-refractivity contribution in [3.05, 3.63) is 29.6 Å². The third-order valence-corrected chi connectivity index (χ3v) is 2.45. The lowest BCUT2D eigenvalue weighted by Gasteiger charge is -2.09. The van der Waals surface area contributed by atoms with Crippen LogP contribution in [0.25, 0.3) is 0 Å². The van der Waals surface area contributed by atoms with Crippen LogP contribution >= 0.6 is 0 Å². The maximum absolute atomic E-state index is 5.58. The topological polar surface area (TPSA) is 22.1 Å². The molecule has 0 amide bonds. The van der Waals surface area contributed by atoms with E-state index in [1.165, 1.54) is 6.42 Å². The van der Waals surface area contributed by atoms with Crippen LogP contribution in [0.1, 0.15) is 37.3 Å². The van der Waals surface area contributed by atoms with Crippen LogP contribution in [0.3, 0.4) is 0 Å². The van der Waals surface area contributed by atoms with Crippen molar-refractivity contribution in [2.45, 2.75) is 32.3 Å². The van der Waals surface area contributed by atoms with Gasteiger partial charge in [-0.3, -0.25) is 4.98 Å². The van der Waals surface area contributed by atoms with Gasteiger partial charge in [0.2, 0.25) is 0 Å². The van der Waals surface area contributed by atoms with Gasteiger partial charge in [-0.25, -0.2) is 0 Å². The number of aromatic nitrogens is 1. The zero-order chi connectivity index (χ0) is 9.10. The first-order chi connectivity index (χ1) is 6.40. The summed E-state index contributed by atoms with van der Waals surface area (Å²) in [7, 11) is 0. The molecule has 2 heterocycles. The summed E-state index contributed by atoms with van der Waals surface area (Å²) in [5.41, 5.74) is 2.27. The number of nitrogens with zero attached hydrogens (tertiary/aromatic N) is 1. The zero-order valence-electron chi connectivity index (χ0n) is 7.99. The summed E-state index contributed by atoms with van der Waals surface area (Å²) in [5, 5.41) is 0. The summed E-state index contributed by atoms with van der Waals surface area (Å²) < 4.78 is 5.58. The normalized spacial score (nSPS) is 22.1. The average molecular weight is 177 g/mol. The van der Waals surface area contributed by atoms with Crippen molar-refractivity contribution in [3.63, 3.8) is 0 Å². The molecule has 0 saturated carbocycles. The van der Waals surface area contributed by atoms with Gasteiger partial charge in [0.05, 0.1) is 11.8 Å². The van der Waals surface area contributed by atoms with E-state index >= 15 is 0 Å². The molecule has 1 fully saturated rings. The van der Waals surface area contributed by atoms with Gasteiger partial charge in [0.1, 0.15) is 0 Å². The van der Waals surface area contributed by atoms with Crippen LogP contribution in [-0.4, -0.2) is 11.6 Å². The second-order valence-electron chi connectivity index (χ2n) is 3.41. The largest absolute Gasteiger partial charge is 0.372 e. The van der Waals surface area contributed by atoms with Crippen molar-refractivity contribution < 1.29 is 4.74 Å². The van der Waals surface area contributed by atoms with Gasteiger partial charge in [-0.2, -0.15) is 0 Å². The Balaban J connectivity index is 2.18. The predicted octanol–water partition coefficient (Wildman–Crippen LogP) is 2.50. The Hall–Kier alpha value is -0.890. The minimum atomic E-state index is 0.256. The predicted molar refractivity (Wildman–Crippen MR) is 51.5 cm³/mol. The van der Waals surface area contributed by atoms with Crippen LogP contribution in [-0.2, 0) is 11.2 Å². The fraction of sp³-hybridized carbons (Fsp3) is 0.545. The van der Waals surface area contributed by atoms with E-state index in [0.29, 0.717) is 0 Å². The molecule has 70 valence electrons. The van der Waals surface area contributed by atoms with Gasteiger partial charge in [-0.05, 0) is 31.4 Å². The summed E-state index contributed by atoms with van der Waals surface area (Å²) in [6.07, 6.45) is 3.55. The Morgan fingerprint density at radius 3 is 3.15 bits per heavy atom. The van der Waals surface area contributed by atoms with E-state index < -0.39 is 0 Å². The molecule has 0 aliphatic carbocycles. The standard InChI is InChI=1S/C11H15NO/c1-2-9-5-3-6-10(12-9)11-7-4-8-13-11/h3,5-6,11H,2,4,7-8H2,1H3. The minimum Gasteiger partial charge on any atom is -0.372 e. The van der Waals surface area contributed by atoms with Crippen molar-refractivity contribution in [2.75, 3.05) is 6.61 Å². The molecule has 1 aliphatic heterocycles. The maximum atomic E-state index is 5.58. The van der Waals surface area contributed by atoms with E-state index in [1.54, 1.807) is 0 Å². The molecule has 0 bridgehead atoms. The lowest BCUT2D eigenvalue weighted by Crippen LogP contribution is -2.00. The molecule has 1 atom stereocenters. The average Bonchev–Trinajstić information content (AvgIpc) is 2.71. The number of rotatable bonds is 2. The molecule has 13 heavy (non-hydrogen) atoms. The Labute approximate surface area is 78.9 Å². The van der Waals surface area contributed by atoms with Crippen LogP contribution in [0, 0.1) is 0 Å². The quantitative estimate of drug-likeness (QED) is 0.692. The van der Waals surface area contributed by atoms with Crippen LogP contribution in [0.5, 0.6) is 0 Å². The van der Waals surface area contributed by atoms with Gasteiger partial charge in [0.15, 0.2) is 0 Å². The van der Waals surface area contributed by atoms with E-state index in [9.17, 15) is 0 Å². The first-order valence-electron chi connectivity index (χ1n) is 4.97. The highest BCUT2D eigenvalue weighted by molar-refractivity contribution is 5.13. The highest BCUT2D eigenvalue weighted by Crippen LogP contribution is 2.26. The summed E-state index contributed by atoms with van der Waals surface area (Å²) >= 11 is 0. The summed E-state index contributed by atoms with van der Waals surface area (Å²) in [4.78, 5) is 4.55. The first kappa shape index (κ1) is 8.70. The third-order valence-electron chi connectivity index (χ3n) is 2.45. The number of hydrogen-bond acceptors (Lipinski definition) is 2. The van der Waals surface area contributed by atoms with E-state index in [-0.39, 0.29) is 6.10 Å². The van der Waals surface area contributed by atoms with E-state index in [1.807, 2.05) is 0 Å². The second-order valence-corrected chi connectivity index (χ2v) is 3.41. The van der Waals surface area contributed by atoms with E-state index in [0.717, 1.165) is 30.8 Å². The summed E-state index contributed by atoms with van der Waals surface area (Å²) in [6.45, 7) is 3.02. The molecule has 1 aliphatic rings. The monoisotopic (exact) mass is 177 g/mol. The van der Waals surface area contributed by atoms with Gasteiger partial charge < -0.3 is 4.74 Å². The Bertz CT molecular complexity index is 279. The lowest BCUT2D eigenvalue weighted by atomic mass is 10.1. The molecule has 2 rings (SSSR count). The minimum absolute atomic E-state index is 0.256.